The molecule has 0 radical (unpaired) electrons. The van der Waals surface area contributed by atoms with Crippen LogP contribution in [-0.4, -0.2) is 52.8 Å². The van der Waals surface area contributed by atoms with Crippen molar-refractivity contribution in [2.45, 2.75) is 0 Å². The first kappa shape index (κ1) is 17.2. The summed E-state index contributed by atoms with van der Waals surface area (Å²) < 4.78 is 5.61. The molecule has 1 saturated heterocycles. The number of carboxylic acids is 1. The molecule has 1 aromatic carbocycles. The number of barbiturate groups is 1. The zero-order valence-corrected chi connectivity index (χ0v) is 13.9. The highest BCUT2D eigenvalue weighted by molar-refractivity contribution is 6.30. The molecule has 132 valence electrons. The van der Waals surface area contributed by atoms with E-state index < -0.39 is 23.8 Å². The first-order chi connectivity index (χ1) is 12.3. The number of likely N-dealkylation sites (N-methyl/N-ethyl adjacent to an activating group) is 2. The Morgan fingerprint density at radius 2 is 1.69 bits per heavy atom. The average Bonchev–Trinajstić information content (AvgIpc) is 3.11. The zero-order valence-electron chi connectivity index (χ0n) is 13.9. The minimum absolute atomic E-state index is 0.109. The number of carbonyl (C=O) groups excluding carboxylic acids is 3. The number of imide groups is 2. The molecule has 0 atom stereocenters. The van der Waals surface area contributed by atoms with E-state index in [9.17, 15) is 19.2 Å². The van der Waals surface area contributed by atoms with Crippen molar-refractivity contribution in [3.63, 3.8) is 0 Å². The van der Waals surface area contributed by atoms with Gasteiger partial charge in [0.1, 0.15) is 17.1 Å². The maximum absolute atomic E-state index is 12.2. The summed E-state index contributed by atoms with van der Waals surface area (Å²) in [4.78, 5) is 48.8. The Kier molecular flexibility index (Phi) is 4.17. The van der Waals surface area contributed by atoms with Gasteiger partial charge in [-0.05, 0) is 30.3 Å². The normalized spacial score (nSPS) is 14.8. The minimum atomic E-state index is -1.06. The molecule has 0 spiro atoms. The number of furan rings is 1. The van der Waals surface area contributed by atoms with Crippen LogP contribution in [0.25, 0.3) is 17.4 Å². The number of benzene rings is 1. The van der Waals surface area contributed by atoms with Gasteiger partial charge in [0.25, 0.3) is 11.8 Å². The van der Waals surface area contributed by atoms with Crippen molar-refractivity contribution in [3.8, 4) is 11.3 Å². The topological polar surface area (TPSA) is 108 Å². The van der Waals surface area contributed by atoms with E-state index in [1.54, 1.807) is 24.3 Å². The molecular weight excluding hydrogens is 340 g/mol. The highest BCUT2D eigenvalue weighted by Gasteiger charge is 2.38. The van der Waals surface area contributed by atoms with Gasteiger partial charge in [0, 0.05) is 19.7 Å². The Bertz CT molecular complexity index is 946. The van der Waals surface area contributed by atoms with Gasteiger partial charge in [0.15, 0.2) is 0 Å². The van der Waals surface area contributed by atoms with E-state index in [0.717, 1.165) is 9.80 Å². The van der Waals surface area contributed by atoms with Crippen LogP contribution in [0.4, 0.5) is 4.79 Å². The van der Waals surface area contributed by atoms with Crippen LogP contribution in [0.15, 0.2) is 46.4 Å². The number of carbonyl (C=O) groups is 4. The minimum Gasteiger partial charge on any atom is -0.478 e. The lowest BCUT2D eigenvalue weighted by Crippen LogP contribution is -2.52. The highest BCUT2D eigenvalue weighted by atomic mass is 16.4. The smallest absolute Gasteiger partial charge is 0.335 e. The zero-order chi connectivity index (χ0) is 19.0. The van der Waals surface area contributed by atoms with Gasteiger partial charge in [0.05, 0.1) is 5.56 Å². The van der Waals surface area contributed by atoms with Gasteiger partial charge in [-0.25, -0.2) is 9.59 Å². The fourth-order valence-electron chi connectivity index (χ4n) is 2.51. The lowest BCUT2D eigenvalue weighted by atomic mass is 10.1. The number of hydrogen-bond acceptors (Lipinski definition) is 5. The monoisotopic (exact) mass is 354 g/mol. The van der Waals surface area contributed by atoms with Crippen LogP contribution in [0.3, 0.4) is 0 Å². The molecule has 0 bridgehead atoms. The number of aromatic carboxylic acids is 1. The Morgan fingerprint density at radius 1 is 1.04 bits per heavy atom. The summed E-state index contributed by atoms with van der Waals surface area (Å²) >= 11 is 0. The van der Waals surface area contributed by atoms with Crippen LogP contribution >= 0.6 is 0 Å². The predicted molar refractivity (Wildman–Crippen MR) is 90.0 cm³/mol. The fraction of sp³-hybridized carbons (Fsp3) is 0.111. The Morgan fingerprint density at radius 3 is 2.31 bits per heavy atom. The van der Waals surface area contributed by atoms with Crippen molar-refractivity contribution >= 4 is 29.9 Å². The van der Waals surface area contributed by atoms with E-state index in [4.69, 9.17) is 9.52 Å². The van der Waals surface area contributed by atoms with E-state index in [1.807, 2.05) is 0 Å². The van der Waals surface area contributed by atoms with E-state index in [-0.39, 0.29) is 16.9 Å². The van der Waals surface area contributed by atoms with Gasteiger partial charge in [-0.3, -0.25) is 19.4 Å². The average molecular weight is 354 g/mol. The van der Waals surface area contributed by atoms with Crippen molar-refractivity contribution in [3.05, 3.63) is 53.3 Å². The third-order valence-electron chi connectivity index (χ3n) is 3.95. The van der Waals surface area contributed by atoms with Crippen molar-refractivity contribution in [1.82, 2.24) is 9.80 Å². The summed E-state index contributed by atoms with van der Waals surface area (Å²) in [5.74, 6) is -1.88. The molecule has 0 aliphatic carbocycles. The first-order valence-electron chi connectivity index (χ1n) is 7.55. The summed E-state index contributed by atoms with van der Waals surface area (Å²) in [6.07, 6.45) is 1.26. The van der Waals surface area contributed by atoms with Crippen molar-refractivity contribution < 1.29 is 28.7 Å². The SMILES string of the molecule is CN1C(=O)C(=Cc2ccc(-c3cccc(C(=O)O)c3)o2)C(=O)N(C)C1=O. The number of rotatable bonds is 3. The first-order valence-corrected chi connectivity index (χ1v) is 7.55. The standard InChI is InChI=1S/C18H14N2O6/c1-19-15(21)13(16(22)20(2)18(19)25)9-12-6-7-14(26-12)10-4-3-5-11(8-10)17(23)24/h3-9H,1-2H3,(H,23,24). The molecule has 2 heterocycles. The molecule has 2 aromatic rings. The van der Waals surface area contributed by atoms with Crippen LogP contribution in [0.1, 0.15) is 16.1 Å². The maximum Gasteiger partial charge on any atom is 0.335 e. The Hall–Kier alpha value is -3.68. The second kappa shape index (κ2) is 6.32. The molecule has 1 N–H and O–H groups in total. The number of urea groups is 1. The largest absolute Gasteiger partial charge is 0.478 e. The van der Waals surface area contributed by atoms with Crippen molar-refractivity contribution in [1.29, 1.82) is 0 Å². The highest BCUT2D eigenvalue weighted by Crippen LogP contribution is 2.25. The maximum atomic E-state index is 12.2. The molecule has 1 aliphatic rings. The molecule has 8 heteroatoms. The van der Waals surface area contributed by atoms with Gasteiger partial charge in [0.2, 0.25) is 0 Å². The summed E-state index contributed by atoms with van der Waals surface area (Å²) in [5.41, 5.74) is 0.452. The van der Waals surface area contributed by atoms with Gasteiger partial charge in [-0.15, -0.1) is 0 Å². The second-order valence-corrected chi connectivity index (χ2v) is 5.66. The van der Waals surface area contributed by atoms with E-state index in [2.05, 4.69) is 0 Å². The van der Waals surface area contributed by atoms with Crippen LogP contribution in [0.5, 0.6) is 0 Å². The summed E-state index contributed by atoms with van der Waals surface area (Å²) in [7, 11) is 2.57. The molecule has 26 heavy (non-hydrogen) atoms. The quantitative estimate of drug-likeness (QED) is 0.668. The molecule has 0 saturated carbocycles. The number of amides is 4. The Balaban J connectivity index is 1.95. The Labute approximate surface area is 147 Å². The molecule has 8 nitrogen and oxygen atoms in total. The molecule has 0 unspecified atom stereocenters. The third kappa shape index (κ3) is 2.88. The summed E-state index contributed by atoms with van der Waals surface area (Å²) in [6.45, 7) is 0. The molecule has 3 rings (SSSR count). The molecule has 1 fully saturated rings. The van der Waals surface area contributed by atoms with Gasteiger partial charge in [-0.1, -0.05) is 12.1 Å². The van der Waals surface area contributed by atoms with Crippen molar-refractivity contribution in [2.75, 3.05) is 14.1 Å². The molecular formula is C18H14N2O6. The van der Waals surface area contributed by atoms with Crippen LogP contribution in [-0.2, 0) is 9.59 Å². The fourth-order valence-corrected chi connectivity index (χ4v) is 2.51. The van der Waals surface area contributed by atoms with E-state index in [0.29, 0.717) is 11.3 Å². The number of carboxylic acid groups (broad SMARTS) is 1. The van der Waals surface area contributed by atoms with E-state index >= 15 is 0 Å². The lowest BCUT2D eigenvalue weighted by molar-refractivity contribution is -0.134. The number of nitrogens with zero attached hydrogens (tertiary/aromatic N) is 2. The third-order valence-corrected chi connectivity index (χ3v) is 3.95. The summed E-state index contributed by atoms with van der Waals surface area (Å²) in [5, 5.41) is 9.06. The van der Waals surface area contributed by atoms with Crippen LogP contribution in [0.2, 0.25) is 0 Å². The van der Waals surface area contributed by atoms with Gasteiger partial charge >= 0.3 is 12.0 Å². The summed E-state index contributed by atoms with van der Waals surface area (Å²) in [6, 6.07) is 8.62. The second-order valence-electron chi connectivity index (χ2n) is 5.66. The van der Waals surface area contributed by atoms with Gasteiger partial charge < -0.3 is 9.52 Å². The van der Waals surface area contributed by atoms with Gasteiger partial charge in [-0.2, -0.15) is 0 Å². The van der Waals surface area contributed by atoms with Crippen LogP contribution < -0.4 is 0 Å². The molecule has 1 aromatic heterocycles. The van der Waals surface area contributed by atoms with Crippen LogP contribution in [0, 0.1) is 0 Å². The van der Waals surface area contributed by atoms with Crippen molar-refractivity contribution in [2.24, 2.45) is 0 Å². The predicted octanol–water partition coefficient (Wildman–Crippen LogP) is 2.08. The molecule has 4 amide bonds. The molecule has 1 aliphatic heterocycles. The lowest BCUT2D eigenvalue weighted by Gasteiger charge is -2.28. The number of hydrogen-bond donors (Lipinski definition) is 1. The van der Waals surface area contributed by atoms with E-state index in [1.165, 1.54) is 32.3 Å².